The van der Waals surface area contributed by atoms with Gasteiger partial charge in [0.25, 0.3) is 0 Å². The van der Waals surface area contributed by atoms with Crippen LogP contribution in [0.2, 0.25) is 0 Å². The monoisotopic (exact) mass is 386 g/mol. The van der Waals surface area contributed by atoms with E-state index < -0.39 is 10.0 Å². The van der Waals surface area contributed by atoms with Crippen molar-refractivity contribution in [1.82, 2.24) is 28.9 Å². The molecule has 0 saturated heterocycles. The van der Waals surface area contributed by atoms with Gasteiger partial charge in [-0.25, -0.2) is 18.1 Å². The maximum Gasteiger partial charge on any atom is 0.246 e. The summed E-state index contributed by atoms with van der Waals surface area (Å²) in [4.78, 5) is 4.93. The van der Waals surface area contributed by atoms with Gasteiger partial charge in [-0.05, 0) is 13.8 Å². The summed E-state index contributed by atoms with van der Waals surface area (Å²) in [6.07, 6.45) is 0.525. The van der Waals surface area contributed by atoms with Gasteiger partial charge in [0.15, 0.2) is 5.82 Å². The van der Waals surface area contributed by atoms with E-state index >= 15 is 0 Å². The largest absolute Gasteiger partial charge is 0.271 e. The SMILES string of the molecule is Cc1nn(C)c(C)c1S(=O)(=O)N1CCc2nc(-c3ccccc3)nn2CC1. The molecule has 8 nitrogen and oxygen atoms in total. The van der Waals surface area contributed by atoms with Crippen molar-refractivity contribution in [3.05, 3.63) is 47.5 Å². The molecule has 3 aromatic rings. The lowest BCUT2D eigenvalue weighted by Gasteiger charge is -2.19. The molecule has 0 bridgehead atoms. The van der Waals surface area contributed by atoms with Gasteiger partial charge in [-0.2, -0.15) is 14.5 Å². The van der Waals surface area contributed by atoms with E-state index in [1.165, 1.54) is 4.31 Å². The molecule has 0 fully saturated rings. The summed E-state index contributed by atoms with van der Waals surface area (Å²) in [5.74, 6) is 1.49. The number of aromatic nitrogens is 5. The first kappa shape index (κ1) is 17.9. The average molecular weight is 386 g/mol. The zero-order chi connectivity index (χ0) is 19.2. The third-order valence-electron chi connectivity index (χ3n) is 4.97. The summed E-state index contributed by atoms with van der Waals surface area (Å²) in [6.45, 7) is 4.73. The van der Waals surface area contributed by atoms with Crippen molar-refractivity contribution in [1.29, 1.82) is 0 Å². The van der Waals surface area contributed by atoms with Crippen molar-refractivity contribution in [2.75, 3.05) is 13.1 Å². The predicted molar refractivity (Wildman–Crippen MR) is 101 cm³/mol. The number of hydrogen-bond acceptors (Lipinski definition) is 5. The second-order valence-corrected chi connectivity index (χ2v) is 8.59. The standard InChI is InChI=1S/C18H22N6O2S/c1-13-17(14(2)22(3)20-13)27(25,26)23-10-9-16-19-18(21-24(16)12-11-23)15-7-5-4-6-8-15/h4-8H,9-12H2,1-3H3. The normalized spacial score (nSPS) is 15.5. The number of hydrogen-bond donors (Lipinski definition) is 0. The lowest BCUT2D eigenvalue weighted by atomic mass is 10.2. The average Bonchev–Trinajstić information content (AvgIpc) is 3.08. The Morgan fingerprint density at radius 2 is 1.74 bits per heavy atom. The smallest absolute Gasteiger partial charge is 0.246 e. The van der Waals surface area contributed by atoms with E-state index in [4.69, 9.17) is 0 Å². The Labute approximate surface area is 158 Å². The van der Waals surface area contributed by atoms with Crippen molar-refractivity contribution in [3.63, 3.8) is 0 Å². The van der Waals surface area contributed by atoms with Gasteiger partial charge in [-0.15, -0.1) is 0 Å². The van der Waals surface area contributed by atoms with Gasteiger partial charge in [0.1, 0.15) is 10.7 Å². The molecule has 0 amide bonds. The molecule has 27 heavy (non-hydrogen) atoms. The van der Waals surface area contributed by atoms with E-state index in [2.05, 4.69) is 15.2 Å². The van der Waals surface area contributed by atoms with Crippen LogP contribution < -0.4 is 0 Å². The Bertz CT molecular complexity index is 1060. The molecule has 0 radical (unpaired) electrons. The number of fused-ring (bicyclic) bond motifs is 1. The number of rotatable bonds is 3. The zero-order valence-corrected chi connectivity index (χ0v) is 16.4. The first-order valence-corrected chi connectivity index (χ1v) is 10.3. The third kappa shape index (κ3) is 3.06. The van der Waals surface area contributed by atoms with E-state index in [0.717, 1.165) is 11.4 Å². The zero-order valence-electron chi connectivity index (χ0n) is 15.6. The fraction of sp³-hybridized carbons (Fsp3) is 0.389. The summed E-state index contributed by atoms with van der Waals surface area (Å²) < 4.78 is 31.3. The Kier molecular flexibility index (Phi) is 4.35. The molecule has 1 aliphatic rings. The molecule has 3 heterocycles. The van der Waals surface area contributed by atoms with Crippen LogP contribution in [0.1, 0.15) is 17.2 Å². The quantitative estimate of drug-likeness (QED) is 0.682. The maximum absolute atomic E-state index is 13.2. The minimum Gasteiger partial charge on any atom is -0.271 e. The molecule has 9 heteroatoms. The van der Waals surface area contributed by atoms with Gasteiger partial charge < -0.3 is 0 Å². The van der Waals surface area contributed by atoms with Crippen LogP contribution in [0.25, 0.3) is 11.4 Å². The van der Waals surface area contributed by atoms with Gasteiger partial charge in [0.2, 0.25) is 10.0 Å². The van der Waals surface area contributed by atoms with E-state index in [9.17, 15) is 8.42 Å². The maximum atomic E-state index is 13.2. The van der Waals surface area contributed by atoms with Gasteiger partial charge in [-0.1, -0.05) is 30.3 Å². The van der Waals surface area contributed by atoms with Crippen molar-refractivity contribution < 1.29 is 8.42 Å². The fourth-order valence-electron chi connectivity index (χ4n) is 3.49. The van der Waals surface area contributed by atoms with Gasteiger partial charge >= 0.3 is 0 Å². The molecular weight excluding hydrogens is 364 g/mol. The van der Waals surface area contributed by atoms with Crippen LogP contribution in [0.15, 0.2) is 35.2 Å². The molecule has 1 aliphatic heterocycles. The number of nitrogens with zero attached hydrogens (tertiary/aromatic N) is 6. The van der Waals surface area contributed by atoms with E-state index in [0.29, 0.717) is 48.2 Å². The molecule has 0 saturated carbocycles. The second-order valence-electron chi connectivity index (χ2n) is 6.72. The van der Waals surface area contributed by atoms with Crippen LogP contribution in [0.3, 0.4) is 0 Å². The van der Waals surface area contributed by atoms with Crippen LogP contribution in [0.5, 0.6) is 0 Å². The number of sulfonamides is 1. The van der Waals surface area contributed by atoms with E-state index in [1.807, 2.05) is 35.0 Å². The summed E-state index contributed by atoms with van der Waals surface area (Å²) in [5, 5.41) is 8.83. The molecule has 2 aromatic heterocycles. The van der Waals surface area contributed by atoms with Gasteiger partial charge in [-0.3, -0.25) is 4.68 Å². The first-order valence-electron chi connectivity index (χ1n) is 8.87. The summed E-state index contributed by atoms with van der Waals surface area (Å²) in [6, 6.07) is 9.80. The van der Waals surface area contributed by atoms with Gasteiger partial charge in [0, 0.05) is 32.1 Å². The predicted octanol–water partition coefficient (Wildman–Crippen LogP) is 1.54. The van der Waals surface area contributed by atoms with Crippen LogP contribution in [-0.4, -0.2) is 50.4 Å². The summed E-state index contributed by atoms with van der Waals surface area (Å²) >= 11 is 0. The second kappa shape index (κ2) is 6.58. The van der Waals surface area contributed by atoms with Crippen LogP contribution in [0, 0.1) is 13.8 Å². The molecular formula is C18H22N6O2S. The molecule has 0 atom stereocenters. The molecule has 0 N–H and O–H groups in total. The highest BCUT2D eigenvalue weighted by molar-refractivity contribution is 7.89. The highest BCUT2D eigenvalue weighted by Gasteiger charge is 2.32. The van der Waals surface area contributed by atoms with E-state index in [1.54, 1.807) is 25.6 Å². The third-order valence-corrected chi connectivity index (χ3v) is 7.12. The topological polar surface area (TPSA) is 85.9 Å². The van der Waals surface area contributed by atoms with Crippen LogP contribution in [-0.2, 0) is 30.0 Å². The molecule has 0 unspecified atom stereocenters. The molecule has 142 valence electrons. The Hall–Kier alpha value is -2.52. The van der Waals surface area contributed by atoms with Crippen LogP contribution >= 0.6 is 0 Å². The Morgan fingerprint density at radius 3 is 2.41 bits per heavy atom. The molecule has 4 rings (SSSR count). The Balaban J connectivity index is 1.60. The van der Waals surface area contributed by atoms with Crippen molar-refractivity contribution in [2.45, 2.75) is 31.7 Å². The fourth-order valence-corrected chi connectivity index (χ4v) is 5.32. The first-order chi connectivity index (χ1) is 12.9. The van der Waals surface area contributed by atoms with Crippen LogP contribution in [0.4, 0.5) is 0 Å². The number of benzene rings is 1. The van der Waals surface area contributed by atoms with Crippen molar-refractivity contribution in [2.24, 2.45) is 7.05 Å². The lowest BCUT2D eigenvalue weighted by Crippen LogP contribution is -2.34. The number of aryl methyl sites for hydroxylation is 2. The minimum absolute atomic E-state index is 0.308. The molecule has 0 spiro atoms. The molecule has 1 aromatic carbocycles. The highest BCUT2D eigenvalue weighted by atomic mass is 32.2. The van der Waals surface area contributed by atoms with E-state index in [-0.39, 0.29) is 0 Å². The summed E-state index contributed by atoms with van der Waals surface area (Å²) in [7, 11) is -1.84. The van der Waals surface area contributed by atoms with Crippen molar-refractivity contribution >= 4 is 10.0 Å². The minimum atomic E-state index is -3.60. The Morgan fingerprint density at radius 1 is 1.00 bits per heavy atom. The lowest BCUT2D eigenvalue weighted by molar-refractivity contribution is 0.408. The van der Waals surface area contributed by atoms with Crippen molar-refractivity contribution in [3.8, 4) is 11.4 Å². The molecule has 0 aliphatic carbocycles. The van der Waals surface area contributed by atoms with Gasteiger partial charge in [0.05, 0.1) is 17.9 Å². The highest BCUT2D eigenvalue weighted by Crippen LogP contribution is 2.25. The summed E-state index contributed by atoms with van der Waals surface area (Å²) in [5.41, 5.74) is 2.14.